The maximum atomic E-state index is 13.8. The summed E-state index contributed by atoms with van der Waals surface area (Å²) < 4.78 is 25.9. The Kier molecular flexibility index (Phi) is 6.86. The quantitative estimate of drug-likeness (QED) is 0.246. The van der Waals surface area contributed by atoms with Crippen LogP contribution in [0.25, 0.3) is 0 Å². The molecule has 150 valence electrons. The first-order valence-electron chi connectivity index (χ1n) is 8.69. The molecular weight excluding hydrogens is 490 g/mol. The highest BCUT2D eigenvalue weighted by Crippen LogP contribution is 2.35. The number of nitrogens with zero attached hydrogens (tertiary/aromatic N) is 1. The van der Waals surface area contributed by atoms with Crippen molar-refractivity contribution in [3.05, 3.63) is 91.3 Å². The number of nitro groups is 1. The molecule has 0 radical (unpaired) electrons. The van der Waals surface area contributed by atoms with Crippen molar-refractivity contribution in [2.75, 3.05) is 12.4 Å². The van der Waals surface area contributed by atoms with Crippen LogP contribution in [0.3, 0.4) is 0 Å². The molecule has 6 nitrogen and oxygen atoms in total. The Balaban J connectivity index is 1.70. The normalized spacial score (nSPS) is 10.4. The molecule has 0 aliphatic rings. The van der Waals surface area contributed by atoms with E-state index in [1.165, 1.54) is 18.2 Å². The van der Waals surface area contributed by atoms with Gasteiger partial charge in [0.25, 0.3) is 5.69 Å². The first kappa shape index (κ1) is 20.8. The van der Waals surface area contributed by atoms with Crippen molar-refractivity contribution in [1.82, 2.24) is 0 Å². The maximum absolute atomic E-state index is 13.8. The summed E-state index contributed by atoms with van der Waals surface area (Å²) >= 11 is 2.15. The second-order valence-electron chi connectivity index (χ2n) is 6.15. The second-order valence-corrected chi connectivity index (χ2v) is 7.31. The molecule has 1 N–H and O–H groups in total. The van der Waals surface area contributed by atoms with Crippen LogP contribution in [-0.4, -0.2) is 12.0 Å². The Hall–Kier alpha value is -2.88. The molecule has 0 amide bonds. The van der Waals surface area contributed by atoms with E-state index in [9.17, 15) is 14.5 Å². The van der Waals surface area contributed by atoms with Gasteiger partial charge in [0.2, 0.25) is 0 Å². The summed E-state index contributed by atoms with van der Waals surface area (Å²) in [5, 5.41) is 14.0. The van der Waals surface area contributed by atoms with E-state index < -0.39 is 4.92 Å². The fraction of sp³-hybridized carbons (Fsp3) is 0.143. The summed E-state index contributed by atoms with van der Waals surface area (Å²) in [5.41, 5.74) is 2.23. The van der Waals surface area contributed by atoms with Crippen molar-refractivity contribution in [2.24, 2.45) is 0 Å². The van der Waals surface area contributed by atoms with Crippen LogP contribution >= 0.6 is 22.6 Å². The van der Waals surface area contributed by atoms with Gasteiger partial charge in [0.15, 0.2) is 11.5 Å². The molecule has 0 heterocycles. The molecule has 0 fully saturated rings. The van der Waals surface area contributed by atoms with Gasteiger partial charge in [-0.15, -0.1) is 0 Å². The maximum Gasteiger partial charge on any atom is 0.269 e. The van der Waals surface area contributed by atoms with Crippen LogP contribution in [-0.2, 0) is 13.2 Å². The molecule has 0 unspecified atom stereocenters. The van der Waals surface area contributed by atoms with E-state index in [1.807, 2.05) is 12.1 Å². The van der Waals surface area contributed by atoms with E-state index in [2.05, 4.69) is 27.9 Å². The number of hydrogen-bond acceptors (Lipinski definition) is 5. The zero-order chi connectivity index (χ0) is 20.8. The molecule has 29 heavy (non-hydrogen) atoms. The summed E-state index contributed by atoms with van der Waals surface area (Å²) in [4.78, 5) is 10.3. The van der Waals surface area contributed by atoms with Crippen molar-refractivity contribution in [2.45, 2.75) is 13.2 Å². The Morgan fingerprint density at radius 1 is 1.14 bits per heavy atom. The zero-order valence-electron chi connectivity index (χ0n) is 15.5. The third-order valence-electron chi connectivity index (χ3n) is 4.19. The SMILES string of the molecule is COc1cc(CNc2ccc([N+](=O)[O-])cc2)cc(I)c1OCc1ccccc1F. The highest BCUT2D eigenvalue weighted by molar-refractivity contribution is 14.1. The summed E-state index contributed by atoms with van der Waals surface area (Å²) in [6.45, 7) is 0.594. The monoisotopic (exact) mass is 508 g/mol. The van der Waals surface area contributed by atoms with Crippen molar-refractivity contribution in [3.63, 3.8) is 0 Å². The van der Waals surface area contributed by atoms with Crippen molar-refractivity contribution in [3.8, 4) is 11.5 Å². The number of anilines is 1. The molecule has 0 saturated heterocycles. The van der Waals surface area contributed by atoms with E-state index in [4.69, 9.17) is 9.47 Å². The number of hydrogen-bond donors (Lipinski definition) is 1. The van der Waals surface area contributed by atoms with E-state index in [1.54, 1.807) is 37.4 Å². The van der Waals surface area contributed by atoms with Crippen LogP contribution < -0.4 is 14.8 Å². The van der Waals surface area contributed by atoms with Crippen LogP contribution in [0.15, 0.2) is 60.7 Å². The molecule has 3 aromatic carbocycles. The topological polar surface area (TPSA) is 73.6 Å². The first-order valence-corrected chi connectivity index (χ1v) is 9.76. The molecule has 0 atom stereocenters. The number of nitro benzene ring substituents is 1. The van der Waals surface area contributed by atoms with E-state index in [-0.39, 0.29) is 18.1 Å². The van der Waals surface area contributed by atoms with Gasteiger partial charge in [-0.05, 0) is 58.5 Å². The number of halogens is 2. The average molecular weight is 508 g/mol. The van der Waals surface area contributed by atoms with Gasteiger partial charge >= 0.3 is 0 Å². The van der Waals surface area contributed by atoms with Crippen LogP contribution in [0.2, 0.25) is 0 Å². The fourth-order valence-corrected chi connectivity index (χ4v) is 3.51. The third kappa shape index (κ3) is 5.35. The van der Waals surface area contributed by atoms with Crippen LogP contribution in [0, 0.1) is 19.5 Å². The smallest absolute Gasteiger partial charge is 0.269 e. The summed E-state index contributed by atoms with van der Waals surface area (Å²) in [5.74, 6) is 0.787. The minimum Gasteiger partial charge on any atom is -0.493 e. The van der Waals surface area contributed by atoms with Gasteiger partial charge in [-0.3, -0.25) is 10.1 Å². The largest absolute Gasteiger partial charge is 0.493 e. The van der Waals surface area contributed by atoms with E-state index in [0.717, 1.165) is 14.8 Å². The molecule has 0 aliphatic carbocycles. The van der Waals surface area contributed by atoms with Crippen molar-refractivity contribution < 1.29 is 18.8 Å². The number of benzene rings is 3. The lowest BCUT2D eigenvalue weighted by molar-refractivity contribution is -0.384. The second kappa shape index (κ2) is 9.55. The Morgan fingerprint density at radius 3 is 2.52 bits per heavy atom. The molecule has 0 aromatic heterocycles. The van der Waals surface area contributed by atoms with Crippen LogP contribution in [0.4, 0.5) is 15.8 Å². The molecule has 0 saturated carbocycles. The van der Waals surface area contributed by atoms with E-state index >= 15 is 0 Å². The third-order valence-corrected chi connectivity index (χ3v) is 5.00. The Bertz CT molecular complexity index is 1010. The highest BCUT2D eigenvalue weighted by atomic mass is 127. The molecule has 0 aliphatic heterocycles. The predicted molar refractivity (Wildman–Crippen MR) is 117 cm³/mol. The average Bonchev–Trinajstić information content (AvgIpc) is 2.72. The fourth-order valence-electron chi connectivity index (χ4n) is 2.69. The summed E-state index contributed by atoms with van der Waals surface area (Å²) in [7, 11) is 1.55. The van der Waals surface area contributed by atoms with Gasteiger partial charge in [0.05, 0.1) is 15.6 Å². The van der Waals surface area contributed by atoms with Crippen molar-refractivity contribution >= 4 is 34.0 Å². The molecule has 8 heteroatoms. The summed E-state index contributed by atoms with van der Waals surface area (Å²) in [6.07, 6.45) is 0. The molecule has 0 spiro atoms. The van der Waals surface area contributed by atoms with Gasteiger partial charge in [-0.25, -0.2) is 4.39 Å². The van der Waals surface area contributed by atoms with Crippen LogP contribution in [0.1, 0.15) is 11.1 Å². The molecule has 3 aromatic rings. The number of methoxy groups -OCH3 is 1. The number of nitrogens with one attached hydrogen (secondary N) is 1. The molecule has 3 rings (SSSR count). The molecular formula is C21H18FIN2O4. The van der Waals surface area contributed by atoms with Gasteiger partial charge in [-0.2, -0.15) is 0 Å². The lowest BCUT2D eigenvalue weighted by Gasteiger charge is -2.15. The summed E-state index contributed by atoms with van der Waals surface area (Å²) in [6, 6.07) is 16.5. The molecule has 0 bridgehead atoms. The Labute approximate surface area is 180 Å². The minimum atomic E-state index is -0.433. The Morgan fingerprint density at radius 2 is 1.86 bits per heavy atom. The van der Waals surface area contributed by atoms with Gasteiger partial charge in [-0.1, -0.05) is 18.2 Å². The van der Waals surface area contributed by atoms with Crippen LogP contribution in [0.5, 0.6) is 11.5 Å². The zero-order valence-corrected chi connectivity index (χ0v) is 17.7. The standard InChI is InChI=1S/C21H18FIN2O4/c1-28-20-11-14(12-24-16-6-8-17(9-7-16)25(26)27)10-19(23)21(20)29-13-15-4-2-3-5-18(15)22/h2-11,24H,12-13H2,1H3. The number of non-ortho nitro benzene ring substituents is 1. The lowest BCUT2D eigenvalue weighted by Crippen LogP contribution is -2.04. The highest BCUT2D eigenvalue weighted by Gasteiger charge is 2.13. The number of rotatable bonds is 8. The lowest BCUT2D eigenvalue weighted by atomic mass is 10.2. The van der Waals surface area contributed by atoms with Crippen molar-refractivity contribution in [1.29, 1.82) is 0 Å². The first-order chi connectivity index (χ1) is 14.0. The van der Waals surface area contributed by atoms with Gasteiger partial charge < -0.3 is 14.8 Å². The van der Waals surface area contributed by atoms with E-state index in [0.29, 0.717) is 23.6 Å². The number of ether oxygens (including phenoxy) is 2. The predicted octanol–water partition coefficient (Wildman–Crippen LogP) is 5.54. The minimum absolute atomic E-state index is 0.0446. The van der Waals surface area contributed by atoms with Gasteiger partial charge in [0.1, 0.15) is 12.4 Å². The van der Waals surface area contributed by atoms with Gasteiger partial charge in [0, 0.05) is 29.9 Å².